The lowest BCUT2D eigenvalue weighted by Gasteiger charge is -2.12. The second-order valence-corrected chi connectivity index (χ2v) is 3.04. The number of anilines is 1. The Morgan fingerprint density at radius 1 is 1.80 bits per heavy atom. The lowest BCUT2D eigenvalue weighted by Crippen LogP contribution is -2.18. The standard InChI is InChI=1S/C10H11N3O2/c1-3-4-7(2)13-9-8(10(14)15)5-11-6-12-9/h1,5-7H,4H2,2H3,(H,14,15)(H,11,12,13). The molecule has 0 radical (unpaired) electrons. The van der Waals surface area contributed by atoms with Crippen molar-refractivity contribution >= 4 is 11.8 Å². The van der Waals surface area contributed by atoms with Gasteiger partial charge in [0.15, 0.2) is 0 Å². The maximum Gasteiger partial charge on any atom is 0.341 e. The zero-order valence-corrected chi connectivity index (χ0v) is 8.27. The third kappa shape index (κ3) is 2.95. The van der Waals surface area contributed by atoms with Gasteiger partial charge in [-0.25, -0.2) is 14.8 Å². The molecule has 5 nitrogen and oxygen atoms in total. The normalized spacial score (nSPS) is 11.5. The number of terminal acetylenes is 1. The van der Waals surface area contributed by atoms with E-state index in [9.17, 15) is 4.79 Å². The Balaban J connectivity index is 2.85. The Morgan fingerprint density at radius 3 is 3.13 bits per heavy atom. The van der Waals surface area contributed by atoms with Crippen molar-refractivity contribution in [1.29, 1.82) is 0 Å². The summed E-state index contributed by atoms with van der Waals surface area (Å²) >= 11 is 0. The molecule has 0 fully saturated rings. The molecule has 78 valence electrons. The lowest BCUT2D eigenvalue weighted by molar-refractivity contribution is 0.0697. The van der Waals surface area contributed by atoms with Gasteiger partial charge in [0.2, 0.25) is 0 Å². The average molecular weight is 205 g/mol. The minimum Gasteiger partial charge on any atom is -0.477 e. The Bertz CT molecular complexity index is 398. The second-order valence-electron chi connectivity index (χ2n) is 3.04. The molecule has 1 aromatic heterocycles. The molecule has 0 amide bonds. The summed E-state index contributed by atoms with van der Waals surface area (Å²) in [5.41, 5.74) is 0.0429. The van der Waals surface area contributed by atoms with Gasteiger partial charge < -0.3 is 10.4 Å². The fourth-order valence-corrected chi connectivity index (χ4v) is 1.06. The van der Waals surface area contributed by atoms with Crippen LogP contribution in [0.15, 0.2) is 12.5 Å². The molecule has 0 saturated carbocycles. The number of carboxylic acid groups (broad SMARTS) is 1. The zero-order valence-electron chi connectivity index (χ0n) is 8.27. The maximum absolute atomic E-state index is 10.8. The van der Waals surface area contributed by atoms with Crippen LogP contribution in [0.4, 0.5) is 5.82 Å². The summed E-state index contributed by atoms with van der Waals surface area (Å²) in [5, 5.41) is 11.8. The number of nitrogens with one attached hydrogen (secondary N) is 1. The molecule has 0 aromatic carbocycles. The van der Waals surface area contributed by atoms with Crippen molar-refractivity contribution in [2.75, 3.05) is 5.32 Å². The number of hydrogen-bond donors (Lipinski definition) is 2. The van der Waals surface area contributed by atoms with Crippen LogP contribution in [0.25, 0.3) is 0 Å². The van der Waals surface area contributed by atoms with Gasteiger partial charge in [0, 0.05) is 18.7 Å². The van der Waals surface area contributed by atoms with Gasteiger partial charge in [0.05, 0.1) is 0 Å². The Hall–Kier alpha value is -2.09. The largest absolute Gasteiger partial charge is 0.477 e. The first-order valence-corrected chi connectivity index (χ1v) is 4.38. The van der Waals surface area contributed by atoms with E-state index in [-0.39, 0.29) is 11.6 Å². The minimum absolute atomic E-state index is 0.0250. The minimum atomic E-state index is -1.06. The number of aromatic carboxylic acids is 1. The van der Waals surface area contributed by atoms with E-state index in [0.717, 1.165) is 0 Å². The van der Waals surface area contributed by atoms with Gasteiger partial charge in [-0.1, -0.05) is 0 Å². The average Bonchev–Trinajstić information content (AvgIpc) is 2.18. The molecule has 15 heavy (non-hydrogen) atoms. The third-order valence-electron chi connectivity index (χ3n) is 1.75. The highest BCUT2D eigenvalue weighted by Crippen LogP contribution is 2.11. The summed E-state index contributed by atoms with van der Waals surface area (Å²) in [7, 11) is 0. The molecule has 2 N–H and O–H groups in total. The SMILES string of the molecule is C#CCC(C)Nc1ncncc1C(=O)O. The van der Waals surface area contributed by atoms with Crippen molar-refractivity contribution in [3.63, 3.8) is 0 Å². The Morgan fingerprint density at radius 2 is 2.53 bits per heavy atom. The summed E-state index contributed by atoms with van der Waals surface area (Å²) in [5.74, 6) is 1.71. The second kappa shape index (κ2) is 4.96. The van der Waals surface area contributed by atoms with Crippen molar-refractivity contribution in [3.05, 3.63) is 18.1 Å². The van der Waals surface area contributed by atoms with Crippen molar-refractivity contribution in [2.24, 2.45) is 0 Å². The molecular formula is C10H11N3O2. The molecule has 0 aliphatic carbocycles. The summed E-state index contributed by atoms with van der Waals surface area (Å²) in [4.78, 5) is 18.3. The van der Waals surface area contributed by atoms with Crippen molar-refractivity contribution in [3.8, 4) is 12.3 Å². The van der Waals surface area contributed by atoms with E-state index in [4.69, 9.17) is 11.5 Å². The van der Waals surface area contributed by atoms with Gasteiger partial charge in [-0.2, -0.15) is 0 Å². The summed E-state index contributed by atoms with van der Waals surface area (Å²) in [6, 6.07) is -0.0250. The van der Waals surface area contributed by atoms with Crippen LogP contribution in [0.1, 0.15) is 23.7 Å². The molecule has 1 heterocycles. The van der Waals surface area contributed by atoms with Crippen LogP contribution in [0.3, 0.4) is 0 Å². The first-order valence-electron chi connectivity index (χ1n) is 4.38. The van der Waals surface area contributed by atoms with Crippen molar-refractivity contribution in [1.82, 2.24) is 9.97 Å². The smallest absolute Gasteiger partial charge is 0.341 e. The molecule has 0 spiro atoms. The highest BCUT2D eigenvalue weighted by Gasteiger charge is 2.12. The first-order chi connectivity index (χ1) is 7.15. The highest BCUT2D eigenvalue weighted by atomic mass is 16.4. The Kier molecular flexibility index (Phi) is 3.63. The summed E-state index contributed by atoms with van der Waals surface area (Å²) in [6.07, 6.45) is 8.18. The third-order valence-corrected chi connectivity index (χ3v) is 1.75. The van der Waals surface area contributed by atoms with Crippen LogP contribution in [-0.4, -0.2) is 27.1 Å². The van der Waals surface area contributed by atoms with Crippen LogP contribution < -0.4 is 5.32 Å². The Labute approximate surface area is 87.6 Å². The van der Waals surface area contributed by atoms with Crippen LogP contribution in [0.5, 0.6) is 0 Å². The molecule has 0 aliphatic heterocycles. The summed E-state index contributed by atoms with van der Waals surface area (Å²) in [6.45, 7) is 1.85. The molecule has 1 unspecified atom stereocenters. The molecule has 5 heteroatoms. The van der Waals surface area contributed by atoms with E-state index in [0.29, 0.717) is 12.2 Å². The first kappa shape index (κ1) is 11.0. The van der Waals surface area contributed by atoms with Crippen molar-refractivity contribution < 1.29 is 9.90 Å². The molecule has 0 bridgehead atoms. The number of nitrogens with zero attached hydrogens (tertiary/aromatic N) is 2. The number of rotatable bonds is 4. The number of hydrogen-bond acceptors (Lipinski definition) is 4. The van der Waals surface area contributed by atoms with E-state index >= 15 is 0 Å². The maximum atomic E-state index is 10.8. The predicted molar refractivity (Wildman–Crippen MR) is 55.5 cm³/mol. The van der Waals surface area contributed by atoms with Gasteiger partial charge in [0.1, 0.15) is 17.7 Å². The number of aromatic nitrogens is 2. The fraction of sp³-hybridized carbons (Fsp3) is 0.300. The van der Waals surface area contributed by atoms with Crippen LogP contribution in [0.2, 0.25) is 0 Å². The number of carboxylic acids is 1. The molecule has 0 saturated heterocycles. The van der Waals surface area contributed by atoms with E-state index in [2.05, 4.69) is 21.2 Å². The molecular weight excluding hydrogens is 194 g/mol. The van der Waals surface area contributed by atoms with Gasteiger partial charge >= 0.3 is 5.97 Å². The molecule has 0 aliphatic rings. The molecule has 1 aromatic rings. The monoisotopic (exact) mass is 205 g/mol. The van der Waals surface area contributed by atoms with Gasteiger partial charge in [-0.3, -0.25) is 0 Å². The van der Waals surface area contributed by atoms with Gasteiger partial charge in [-0.05, 0) is 6.92 Å². The van der Waals surface area contributed by atoms with E-state index < -0.39 is 5.97 Å². The quantitative estimate of drug-likeness (QED) is 0.717. The topological polar surface area (TPSA) is 75.1 Å². The van der Waals surface area contributed by atoms with Crippen LogP contribution in [0, 0.1) is 12.3 Å². The van der Waals surface area contributed by atoms with Crippen molar-refractivity contribution in [2.45, 2.75) is 19.4 Å². The van der Waals surface area contributed by atoms with Crippen LogP contribution in [-0.2, 0) is 0 Å². The zero-order chi connectivity index (χ0) is 11.3. The highest BCUT2D eigenvalue weighted by molar-refractivity contribution is 5.92. The number of carbonyl (C=O) groups is 1. The molecule has 1 rings (SSSR count). The molecule has 1 atom stereocenters. The van der Waals surface area contributed by atoms with Crippen LogP contribution >= 0.6 is 0 Å². The van der Waals surface area contributed by atoms with E-state index in [1.807, 2.05) is 6.92 Å². The van der Waals surface area contributed by atoms with E-state index in [1.165, 1.54) is 12.5 Å². The fourth-order valence-electron chi connectivity index (χ4n) is 1.06. The van der Waals surface area contributed by atoms with E-state index in [1.54, 1.807) is 0 Å². The predicted octanol–water partition coefficient (Wildman–Crippen LogP) is 0.998. The van der Waals surface area contributed by atoms with Gasteiger partial charge in [0.25, 0.3) is 0 Å². The van der Waals surface area contributed by atoms with Gasteiger partial charge in [-0.15, -0.1) is 12.3 Å². The lowest BCUT2D eigenvalue weighted by atomic mass is 10.2. The summed E-state index contributed by atoms with van der Waals surface area (Å²) < 4.78 is 0.